The Morgan fingerprint density at radius 1 is 1.38 bits per heavy atom. The Bertz CT molecular complexity index is 144. The van der Waals surface area contributed by atoms with Gasteiger partial charge in [0.25, 0.3) is 0 Å². The quantitative estimate of drug-likeness (QED) is 0.476. The third kappa shape index (κ3) is 5.24. The SMILES string of the molecule is C=C([SiH3])C(CC)NCN(CC)CC. The average Bonchev–Trinajstić information content (AvgIpc) is 2.12. The predicted molar refractivity (Wildman–Crippen MR) is 64.1 cm³/mol. The molecule has 3 heteroatoms. The van der Waals surface area contributed by atoms with Gasteiger partial charge in [0.1, 0.15) is 0 Å². The molecule has 0 aliphatic rings. The second-order valence-corrected chi connectivity index (χ2v) is 4.76. The second-order valence-electron chi connectivity index (χ2n) is 3.47. The molecule has 1 atom stereocenters. The first-order valence-corrected chi connectivity index (χ1v) is 6.26. The molecule has 0 aromatic rings. The Morgan fingerprint density at radius 3 is 2.23 bits per heavy atom. The van der Waals surface area contributed by atoms with Crippen molar-refractivity contribution in [2.24, 2.45) is 0 Å². The van der Waals surface area contributed by atoms with Crippen molar-refractivity contribution in [3.63, 3.8) is 0 Å². The average molecular weight is 200 g/mol. The van der Waals surface area contributed by atoms with Gasteiger partial charge in [0, 0.05) is 23.0 Å². The van der Waals surface area contributed by atoms with Crippen LogP contribution in [0.2, 0.25) is 0 Å². The Hall–Kier alpha value is -0.123. The van der Waals surface area contributed by atoms with Crippen LogP contribution in [0.5, 0.6) is 0 Å². The standard InChI is InChI=1S/C10H24N2Si/c1-5-10(9(4)13)11-8-12(6-2)7-3/h10-11H,4-8H2,1-3,13H3. The van der Waals surface area contributed by atoms with Gasteiger partial charge in [-0.15, -0.1) is 6.58 Å². The smallest absolute Gasteiger partial charge is 0.0484 e. The molecule has 0 saturated carbocycles. The minimum Gasteiger partial charge on any atom is -0.298 e. The minimum atomic E-state index is 0.535. The van der Waals surface area contributed by atoms with Crippen LogP contribution in [0.4, 0.5) is 0 Å². The molecule has 0 heterocycles. The van der Waals surface area contributed by atoms with Gasteiger partial charge < -0.3 is 0 Å². The van der Waals surface area contributed by atoms with Gasteiger partial charge in [-0.2, -0.15) is 0 Å². The summed E-state index contributed by atoms with van der Waals surface area (Å²) in [6, 6.07) is 0.535. The van der Waals surface area contributed by atoms with Crippen molar-refractivity contribution >= 4 is 10.2 Å². The summed E-state index contributed by atoms with van der Waals surface area (Å²) < 4.78 is 0. The van der Waals surface area contributed by atoms with E-state index in [1.54, 1.807) is 0 Å². The van der Waals surface area contributed by atoms with Gasteiger partial charge in [-0.3, -0.25) is 10.2 Å². The van der Waals surface area contributed by atoms with Crippen LogP contribution in [0.15, 0.2) is 11.8 Å². The molecule has 0 aromatic carbocycles. The maximum absolute atomic E-state index is 4.04. The molecule has 2 nitrogen and oxygen atoms in total. The van der Waals surface area contributed by atoms with Crippen LogP contribution in [-0.4, -0.2) is 40.9 Å². The van der Waals surface area contributed by atoms with Crippen molar-refractivity contribution < 1.29 is 0 Å². The van der Waals surface area contributed by atoms with Crippen LogP contribution in [0.1, 0.15) is 27.2 Å². The topological polar surface area (TPSA) is 15.3 Å². The summed E-state index contributed by atoms with van der Waals surface area (Å²) in [5.74, 6) is 0. The van der Waals surface area contributed by atoms with Gasteiger partial charge in [-0.25, -0.2) is 0 Å². The van der Waals surface area contributed by atoms with Crippen molar-refractivity contribution in [2.45, 2.75) is 33.2 Å². The number of nitrogens with one attached hydrogen (secondary N) is 1. The van der Waals surface area contributed by atoms with Crippen LogP contribution in [-0.2, 0) is 0 Å². The van der Waals surface area contributed by atoms with Crippen LogP contribution >= 0.6 is 0 Å². The molecule has 0 aliphatic carbocycles. The monoisotopic (exact) mass is 200 g/mol. The van der Waals surface area contributed by atoms with Crippen molar-refractivity contribution in [3.05, 3.63) is 11.8 Å². The highest BCUT2D eigenvalue weighted by atomic mass is 28.1. The highest BCUT2D eigenvalue weighted by molar-refractivity contribution is 6.21. The highest BCUT2D eigenvalue weighted by Crippen LogP contribution is 1.99. The van der Waals surface area contributed by atoms with Crippen molar-refractivity contribution in [2.75, 3.05) is 19.8 Å². The summed E-state index contributed by atoms with van der Waals surface area (Å²) in [6.45, 7) is 13.9. The van der Waals surface area contributed by atoms with Crippen LogP contribution < -0.4 is 5.32 Å². The molecule has 1 unspecified atom stereocenters. The first-order chi connectivity index (χ1) is 6.15. The van der Waals surface area contributed by atoms with E-state index in [1.165, 1.54) is 5.20 Å². The lowest BCUT2D eigenvalue weighted by molar-refractivity contribution is 0.269. The lowest BCUT2D eigenvalue weighted by Crippen LogP contribution is -2.40. The zero-order chi connectivity index (χ0) is 10.3. The van der Waals surface area contributed by atoms with E-state index >= 15 is 0 Å². The zero-order valence-corrected chi connectivity index (χ0v) is 11.6. The van der Waals surface area contributed by atoms with Crippen molar-refractivity contribution in [3.8, 4) is 0 Å². The van der Waals surface area contributed by atoms with Gasteiger partial charge in [-0.1, -0.05) is 26.0 Å². The summed E-state index contributed by atoms with van der Waals surface area (Å²) in [6.07, 6.45) is 1.16. The maximum atomic E-state index is 4.04. The lowest BCUT2D eigenvalue weighted by atomic mass is 10.2. The number of rotatable bonds is 7. The van der Waals surface area contributed by atoms with Gasteiger partial charge in [0.05, 0.1) is 0 Å². The third-order valence-corrected chi connectivity index (χ3v) is 3.16. The first-order valence-electron chi connectivity index (χ1n) is 5.26. The zero-order valence-electron chi connectivity index (χ0n) is 9.56. The van der Waals surface area contributed by atoms with E-state index in [9.17, 15) is 0 Å². The Kier molecular flexibility index (Phi) is 7.23. The van der Waals surface area contributed by atoms with Crippen LogP contribution in [0.25, 0.3) is 0 Å². The van der Waals surface area contributed by atoms with E-state index in [4.69, 9.17) is 0 Å². The molecule has 0 radical (unpaired) electrons. The van der Waals surface area contributed by atoms with E-state index in [1.807, 2.05) is 0 Å². The molecule has 0 fully saturated rings. The largest absolute Gasteiger partial charge is 0.298 e. The van der Waals surface area contributed by atoms with Crippen molar-refractivity contribution in [1.82, 2.24) is 10.2 Å². The van der Waals surface area contributed by atoms with E-state index in [0.29, 0.717) is 6.04 Å². The molecular weight excluding hydrogens is 176 g/mol. The molecule has 0 aromatic heterocycles. The number of hydrogen-bond donors (Lipinski definition) is 1. The maximum Gasteiger partial charge on any atom is 0.0484 e. The molecule has 0 spiro atoms. The van der Waals surface area contributed by atoms with Gasteiger partial charge in [0.2, 0.25) is 0 Å². The Labute approximate surface area is 85.8 Å². The summed E-state index contributed by atoms with van der Waals surface area (Å²) in [4.78, 5) is 2.38. The summed E-state index contributed by atoms with van der Waals surface area (Å²) in [5.41, 5.74) is 0. The number of hydrogen-bond acceptors (Lipinski definition) is 2. The van der Waals surface area contributed by atoms with E-state index < -0.39 is 0 Å². The lowest BCUT2D eigenvalue weighted by Gasteiger charge is -2.23. The molecule has 78 valence electrons. The predicted octanol–water partition coefficient (Wildman–Crippen LogP) is 0.533. The second kappa shape index (κ2) is 7.30. The van der Waals surface area contributed by atoms with Crippen LogP contribution in [0, 0.1) is 0 Å². The molecule has 0 aliphatic heterocycles. The fourth-order valence-corrected chi connectivity index (χ4v) is 1.97. The summed E-state index contributed by atoms with van der Waals surface area (Å²) >= 11 is 0. The molecule has 0 saturated heterocycles. The minimum absolute atomic E-state index is 0.535. The molecule has 0 amide bonds. The van der Waals surface area contributed by atoms with Crippen molar-refractivity contribution in [1.29, 1.82) is 0 Å². The summed E-state index contributed by atoms with van der Waals surface area (Å²) in [7, 11) is 1.10. The Morgan fingerprint density at radius 2 is 1.92 bits per heavy atom. The Balaban J connectivity index is 3.76. The van der Waals surface area contributed by atoms with Gasteiger partial charge in [-0.05, 0) is 19.5 Å². The normalized spacial score (nSPS) is 13.5. The molecular formula is C10H24N2Si. The van der Waals surface area contributed by atoms with Gasteiger partial charge >= 0.3 is 0 Å². The number of nitrogens with zero attached hydrogens (tertiary/aromatic N) is 1. The fourth-order valence-electron chi connectivity index (χ4n) is 1.35. The molecule has 1 N–H and O–H groups in total. The van der Waals surface area contributed by atoms with E-state index in [-0.39, 0.29) is 0 Å². The molecule has 13 heavy (non-hydrogen) atoms. The fraction of sp³-hybridized carbons (Fsp3) is 0.800. The van der Waals surface area contributed by atoms with Crippen LogP contribution in [0.3, 0.4) is 0 Å². The summed E-state index contributed by atoms with van der Waals surface area (Å²) in [5, 5.41) is 4.90. The third-order valence-electron chi connectivity index (χ3n) is 2.46. The first kappa shape index (κ1) is 12.9. The van der Waals surface area contributed by atoms with Gasteiger partial charge in [0.15, 0.2) is 0 Å². The molecule has 0 rings (SSSR count). The van der Waals surface area contributed by atoms with E-state index in [0.717, 1.165) is 36.4 Å². The van der Waals surface area contributed by atoms with E-state index in [2.05, 4.69) is 37.6 Å². The molecule has 0 bridgehead atoms. The highest BCUT2D eigenvalue weighted by Gasteiger charge is 2.06.